The number of aliphatic hydroxyl groups is 1. The van der Waals surface area contributed by atoms with Crippen molar-refractivity contribution in [2.24, 2.45) is 0 Å². The number of carbonyl (C=O) groups is 1. The normalized spacial score (nSPS) is 21.1. The minimum atomic E-state index is -1.47. The lowest BCUT2D eigenvalue weighted by molar-refractivity contribution is -0.157. The first-order chi connectivity index (χ1) is 17.0. The number of esters is 1. The molecule has 1 N–H and O–H groups in total. The first kappa shape index (κ1) is 20.9. The Morgan fingerprint density at radius 1 is 1.03 bits per heavy atom. The Morgan fingerprint density at radius 3 is 2.60 bits per heavy atom. The number of piperazine rings is 1. The molecular weight excluding hydrogens is 452 g/mol. The lowest BCUT2D eigenvalue weighted by Gasteiger charge is -2.33. The molecular formula is C25H24N4O6. The standard InChI is InChI=1S/C25H24N4O6/c1-27-2-4-28(5-3-27)9-15-13-7-20-21(35-12-34-20)8-18(13)26-22-16(15)10-29-19(22)6-14-17(24(29)31)11-33-25(32)23(14)30/h6-8,23,30H,2-5,9-12H2,1H3. The minimum Gasteiger partial charge on any atom is -0.458 e. The molecule has 1 saturated heterocycles. The lowest BCUT2D eigenvalue weighted by Crippen LogP contribution is -2.44. The zero-order valence-electron chi connectivity index (χ0n) is 19.2. The van der Waals surface area contributed by atoms with Crippen molar-refractivity contribution in [1.29, 1.82) is 0 Å². The van der Waals surface area contributed by atoms with Gasteiger partial charge in [0.2, 0.25) is 6.79 Å². The zero-order valence-corrected chi connectivity index (χ0v) is 19.2. The number of pyridine rings is 2. The van der Waals surface area contributed by atoms with Gasteiger partial charge in [-0.15, -0.1) is 0 Å². The van der Waals surface area contributed by atoms with Crippen LogP contribution >= 0.6 is 0 Å². The van der Waals surface area contributed by atoms with Gasteiger partial charge in [-0.2, -0.15) is 0 Å². The van der Waals surface area contributed by atoms with Gasteiger partial charge in [-0.3, -0.25) is 9.69 Å². The number of hydrogen-bond acceptors (Lipinski definition) is 9. The van der Waals surface area contributed by atoms with Crippen molar-refractivity contribution in [2.45, 2.75) is 25.8 Å². The van der Waals surface area contributed by atoms with E-state index in [0.717, 1.165) is 54.8 Å². The summed E-state index contributed by atoms with van der Waals surface area (Å²) in [7, 11) is 2.13. The van der Waals surface area contributed by atoms with Crippen LogP contribution in [0, 0.1) is 0 Å². The molecule has 1 unspecified atom stereocenters. The molecule has 0 spiro atoms. The fourth-order valence-corrected chi connectivity index (χ4v) is 5.51. The molecule has 1 aromatic carbocycles. The van der Waals surface area contributed by atoms with Crippen LogP contribution < -0.4 is 15.0 Å². The Kier molecular flexibility index (Phi) is 4.48. The molecule has 7 rings (SSSR count). The van der Waals surface area contributed by atoms with Gasteiger partial charge in [0.05, 0.1) is 29.0 Å². The van der Waals surface area contributed by atoms with Crippen LogP contribution in [-0.4, -0.2) is 70.4 Å². The van der Waals surface area contributed by atoms with E-state index in [4.69, 9.17) is 19.2 Å². The number of cyclic esters (lactones) is 1. The number of benzene rings is 1. The Bertz CT molecular complexity index is 1470. The number of hydrogen-bond donors (Lipinski definition) is 1. The van der Waals surface area contributed by atoms with Crippen molar-refractivity contribution >= 4 is 16.9 Å². The Labute approximate surface area is 200 Å². The quantitative estimate of drug-likeness (QED) is 0.424. The average molecular weight is 476 g/mol. The summed E-state index contributed by atoms with van der Waals surface area (Å²) in [5, 5.41) is 11.4. The van der Waals surface area contributed by atoms with Gasteiger partial charge in [-0.05, 0) is 24.7 Å². The summed E-state index contributed by atoms with van der Waals surface area (Å²) in [5.41, 5.74) is 4.53. The van der Waals surface area contributed by atoms with Crippen molar-refractivity contribution in [1.82, 2.24) is 19.4 Å². The largest absolute Gasteiger partial charge is 0.458 e. The third-order valence-corrected chi connectivity index (χ3v) is 7.55. The van der Waals surface area contributed by atoms with Crippen LogP contribution in [0.5, 0.6) is 11.5 Å². The van der Waals surface area contributed by atoms with Gasteiger partial charge in [0.15, 0.2) is 17.6 Å². The summed E-state index contributed by atoms with van der Waals surface area (Å²) in [5.74, 6) is 0.602. The highest BCUT2D eigenvalue weighted by molar-refractivity contribution is 5.91. The van der Waals surface area contributed by atoms with E-state index >= 15 is 0 Å². The van der Waals surface area contributed by atoms with E-state index < -0.39 is 12.1 Å². The molecule has 10 heteroatoms. The highest BCUT2D eigenvalue weighted by Gasteiger charge is 2.35. The van der Waals surface area contributed by atoms with Crippen molar-refractivity contribution in [3.63, 3.8) is 0 Å². The molecule has 0 amide bonds. The molecule has 2 aromatic heterocycles. The van der Waals surface area contributed by atoms with Crippen LogP contribution in [0.25, 0.3) is 22.3 Å². The Hall–Kier alpha value is -3.47. The second-order valence-electron chi connectivity index (χ2n) is 9.58. The molecule has 4 aliphatic heterocycles. The van der Waals surface area contributed by atoms with Gasteiger partial charge in [0.25, 0.3) is 5.56 Å². The summed E-state index contributed by atoms with van der Waals surface area (Å²) in [4.78, 5) is 35.1. The molecule has 4 aliphatic rings. The van der Waals surface area contributed by atoms with Gasteiger partial charge in [0.1, 0.15) is 6.61 Å². The van der Waals surface area contributed by atoms with E-state index in [-0.39, 0.29) is 19.0 Å². The number of rotatable bonds is 2. The minimum absolute atomic E-state index is 0.133. The number of likely N-dealkylation sites (N-methyl/N-ethyl adjacent to an activating group) is 1. The van der Waals surface area contributed by atoms with Crippen LogP contribution in [0.2, 0.25) is 0 Å². The van der Waals surface area contributed by atoms with E-state index in [9.17, 15) is 14.7 Å². The molecule has 10 nitrogen and oxygen atoms in total. The topological polar surface area (TPSA) is 106 Å². The SMILES string of the molecule is CN1CCN(Cc2c3c(nc4cc5c(cc24)OCO5)-c2cc4c(c(=O)n2C3)COC(=O)C4O)CC1. The molecule has 0 aliphatic carbocycles. The highest BCUT2D eigenvalue weighted by Crippen LogP contribution is 2.42. The van der Waals surface area contributed by atoms with Gasteiger partial charge in [0, 0.05) is 55.3 Å². The van der Waals surface area contributed by atoms with Crippen LogP contribution in [0.15, 0.2) is 23.0 Å². The van der Waals surface area contributed by atoms with E-state index in [1.54, 1.807) is 10.6 Å². The number of ether oxygens (including phenoxy) is 3. The number of carbonyl (C=O) groups excluding carboxylic acids is 1. The Morgan fingerprint density at radius 2 is 1.80 bits per heavy atom. The third kappa shape index (κ3) is 3.10. The molecule has 35 heavy (non-hydrogen) atoms. The molecule has 180 valence electrons. The smallest absolute Gasteiger partial charge is 0.340 e. The lowest BCUT2D eigenvalue weighted by atomic mass is 9.98. The van der Waals surface area contributed by atoms with E-state index in [1.165, 1.54) is 0 Å². The second-order valence-corrected chi connectivity index (χ2v) is 9.58. The van der Waals surface area contributed by atoms with Crippen LogP contribution in [-0.2, 0) is 29.2 Å². The fourth-order valence-electron chi connectivity index (χ4n) is 5.51. The molecule has 3 aromatic rings. The number of nitrogens with zero attached hydrogens (tertiary/aromatic N) is 4. The summed E-state index contributed by atoms with van der Waals surface area (Å²) in [6, 6.07) is 5.60. The Balaban J connectivity index is 1.43. The zero-order chi connectivity index (χ0) is 23.8. The summed E-state index contributed by atoms with van der Waals surface area (Å²) >= 11 is 0. The molecule has 0 radical (unpaired) electrons. The molecule has 0 saturated carbocycles. The maximum absolute atomic E-state index is 13.4. The first-order valence-corrected chi connectivity index (χ1v) is 11.8. The summed E-state index contributed by atoms with van der Waals surface area (Å²) in [6.45, 7) is 5.04. The number of aliphatic hydroxyl groups excluding tert-OH is 1. The van der Waals surface area contributed by atoms with Crippen molar-refractivity contribution < 1.29 is 24.1 Å². The molecule has 1 fully saturated rings. The summed E-state index contributed by atoms with van der Waals surface area (Å²) < 4.78 is 17.9. The predicted molar refractivity (Wildman–Crippen MR) is 124 cm³/mol. The van der Waals surface area contributed by atoms with Crippen molar-refractivity contribution in [3.05, 3.63) is 50.8 Å². The third-order valence-electron chi connectivity index (χ3n) is 7.55. The van der Waals surface area contributed by atoms with E-state index in [1.807, 2.05) is 12.1 Å². The molecule has 6 heterocycles. The predicted octanol–water partition coefficient (Wildman–Crippen LogP) is 0.992. The first-order valence-electron chi connectivity index (χ1n) is 11.8. The van der Waals surface area contributed by atoms with Gasteiger partial charge in [-0.1, -0.05) is 0 Å². The van der Waals surface area contributed by atoms with Gasteiger partial charge in [-0.25, -0.2) is 9.78 Å². The van der Waals surface area contributed by atoms with Crippen LogP contribution in [0.1, 0.15) is 28.4 Å². The summed E-state index contributed by atoms with van der Waals surface area (Å²) in [6.07, 6.45) is -1.47. The monoisotopic (exact) mass is 476 g/mol. The second kappa shape index (κ2) is 7.51. The maximum atomic E-state index is 13.4. The molecule has 1 atom stereocenters. The van der Waals surface area contributed by atoms with E-state index in [2.05, 4.69) is 16.8 Å². The van der Waals surface area contributed by atoms with Gasteiger partial charge >= 0.3 is 5.97 Å². The van der Waals surface area contributed by atoms with Gasteiger partial charge < -0.3 is 28.8 Å². The highest BCUT2D eigenvalue weighted by atomic mass is 16.7. The van der Waals surface area contributed by atoms with Crippen LogP contribution in [0.3, 0.4) is 0 Å². The van der Waals surface area contributed by atoms with Crippen molar-refractivity contribution in [2.75, 3.05) is 40.0 Å². The van der Waals surface area contributed by atoms with E-state index in [0.29, 0.717) is 40.6 Å². The maximum Gasteiger partial charge on any atom is 0.340 e. The number of fused-ring (bicyclic) bond motifs is 6. The average Bonchev–Trinajstić information content (AvgIpc) is 3.46. The fraction of sp³-hybridized carbons (Fsp3) is 0.400. The van der Waals surface area contributed by atoms with Crippen molar-refractivity contribution in [3.8, 4) is 22.9 Å². The number of aromatic nitrogens is 2. The molecule has 0 bridgehead atoms. The van der Waals surface area contributed by atoms with Crippen LogP contribution in [0.4, 0.5) is 0 Å².